The quantitative estimate of drug-likeness (QED) is 0.640. The van der Waals surface area contributed by atoms with Crippen LogP contribution in [0.5, 0.6) is 0 Å². The van der Waals surface area contributed by atoms with Gasteiger partial charge in [0.05, 0.1) is 0 Å². The Labute approximate surface area is 119 Å². The van der Waals surface area contributed by atoms with Crippen LogP contribution in [-0.2, 0) is 4.79 Å². The van der Waals surface area contributed by atoms with Crippen molar-refractivity contribution in [1.82, 2.24) is 5.32 Å². The smallest absolute Gasteiger partial charge is 0.220 e. The molecule has 1 aromatic rings. The van der Waals surface area contributed by atoms with E-state index in [0.717, 1.165) is 12.8 Å². The number of anilines is 1. The fraction of sp³-hybridized carbons (Fsp3) is 0.500. The highest BCUT2D eigenvalue weighted by Gasteiger charge is 2.16. The minimum atomic E-state index is -0.0314. The predicted molar refractivity (Wildman–Crippen MR) is 79.4 cm³/mol. The van der Waals surface area contributed by atoms with E-state index < -0.39 is 0 Å². The second kappa shape index (κ2) is 7.08. The molecule has 1 aromatic carbocycles. The number of rotatable bonds is 5. The zero-order chi connectivity index (χ0) is 14.4. The van der Waals surface area contributed by atoms with Crippen LogP contribution in [0.15, 0.2) is 24.3 Å². The van der Waals surface area contributed by atoms with Gasteiger partial charge in [-0.3, -0.25) is 9.59 Å². The van der Waals surface area contributed by atoms with Gasteiger partial charge in [-0.15, -0.1) is 0 Å². The Morgan fingerprint density at radius 1 is 1.15 bits per heavy atom. The minimum absolute atomic E-state index is 0.0193. The van der Waals surface area contributed by atoms with Crippen LogP contribution in [0.1, 0.15) is 55.3 Å². The molecule has 20 heavy (non-hydrogen) atoms. The highest BCUT2D eigenvalue weighted by molar-refractivity contribution is 5.98. The molecule has 0 atom stereocenters. The molecule has 0 heterocycles. The van der Waals surface area contributed by atoms with Crippen molar-refractivity contribution in [3.63, 3.8) is 0 Å². The lowest BCUT2D eigenvalue weighted by atomic mass is 9.95. The zero-order valence-electron chi connectivity index (χ0n) is 11.7. The van der Waals surface area contributed by atoms with Gasteiger partial charge in [0.2, 0.25) is 5.91 Å². The van der Waals surface area contributed by atoms with Gasteiger partial charge in [-0.2, -0.15) is 0 Å². The lowest BCUT2D eigenvalue weighted by molar-refractivity contribution is -0.121. The number of nitrogens with one attached hydrogen (secondary N) is 1. The molecular formula is C16H22N2O2. The Bertz CT molecular complexity index is 479. The number of amides is 1. The van der Waals surface area contributed by atoms with Crippen LogP contribution in [0.4, 0.5) is 5.69 Å². The number of carbonyl (C=O) groups excluding carboxylic acids is 2. The molecule has 0 aliphatic heterocycles. The van der Waals surface area contributed by atoms with Crippen molar-refractivity contribution in [2.24, 2.45) is 0 Å². The molecule has 0 spiro atoms. The molecule has 1 fully saturated rings. The SMILES string of the molecule is Nc1cccc(C(=O)CCC(=O)NC2CCCCC2)c1. The number of Topliss-reactive ketones (excluding diaryl/α,β-unsaturated/α-hetero) is 1. The lowest BCUT2D eigenvalue weighted by Gasteiger charge is -2.22. The van der Waals surface area contributed by atoms with Crippen LogP contribution in [-0.4, -0.2) is 17.7 Å². The molecular weight excluding hydrogens is 252 g/mol. The number of nitrogens with two attached hydrogens (primary N) is 1. The predicted octanol–water partition coefficient (Wildman–Crippen LogP) is 2.68. The lowest BCUT2D eigenvalue weighted by Crippen LogP contribution is -2.36. The minimum Gasteiger partial charge on any atom is -0.399 e. The summed E-state index contributed by atoms with van der Waals surface area (Å²) in [6.45, 7) is 0. The first-order valence-corrected chi connectivity index (χ1v) is 7.33. The van der Waals surface area contributed by atoms with E-state index in [1.165, 1.54) is 19.3 Å². The van der Waals surface area contributed by atoms with Crippen LogP contribution < -0.4 is 11.1 Å². The van der Waals surface area contributed by atoms with Crippen molar-refractivity contribution in [3.8, 4) is 0 Å². The number of benzene rings is 1. The standard InChI is InChI=1S/C16H22N2O2/c17-13-6-4-5-12(11-13)15(19)9-10-16(20)18-14-7-2-1-3-8-14/h4-6,11,14H,1-3,7-10,17H2,(H,18,20). The molecule has 1 saturated carbocycles. The van der Waals surface area contributed by atoms with Crippen LogP contribution >= 0.6 is 0 Å². The van der Waals surface area contributed by atoms with Crippen LogP contribution in [0, 0.1) is 0 Å². The van der Waals surface area contributed by atoms with E-state index in [9.17, 15) is 9.59 Å². The molecule has 3 N–H and O–H groups in total. The molecule has 0 unspecified atom stereocenters. The van der Waals surface area contributed by atoms with Gasteiger partial charge in [-0.25, -0.2) is 0 Å². The average Bonchev–Trinajstić information content (AvgIpc) is 2.46. The fourth-order valence-electron chi connectivity index (χ4n) is 2.63. The van der Waals surface area contributed by atoms with Crippen molar-refractivity contribution in [2.45, 2.75) is 51.0 Å². The third-order valence-corrected chi connectivity index (χ3v) is 3.76. The molecule has 108 valence electrons. The first kappa shape index (κ1) is 14.6. The van der Waals surface area contributed by atoms with Crippen LogP contribution in [0.2, 0.25) is 0 Å². The summed E-state index contributed by atoms with van der Waals surface area (Å²) in [6.07, 6.45) is 6.26. The Kier molecular flexibility index (Phi) is 5.16. The van der Waals surface area contributed by atoms with Gasteiger partial charge >= 0.3 is 0 Å². The Morgan fingerprint density at radius 2 is 1.90 bits per heavy atom. The molecule has 1 aliphatic rings. The molecule has 0 bridgehead atoms. The number of nitrogen functional groups attached to an aromatic ring is 1. The van der Waals surface area contributed by atoms with Crippen molar-refractivity contribution in [3.05, 3.63) is 29.8 Å². The topological polar surface area (TPSA) is 72.2 Å². The monoisotopic (exact) mass is 274 g/mol. The average molecular weight is 274 g/mol. The van der Waals surface area contributed by atoms with Crippen molar-refractivity contribution in [2.75, 3.05) is 5.73 Å². The summed E-state index contributed by atoms with van der Waals surface area (Å²) in [7, 11) is 0. The maximum Gasteiger partial charge on any atom is 0.220 e. The second-order valence-electron chi connectivity index (χ2n) is 5.45. The molecule has 0 radical (unpaired) electrons. The van der Waals surface area contributed by atoms with E-state index in [1.807, 2.05) is 0 Å². The van der Waals surface area contributed by atoms with Gasteiger partial charge in [0, 0.05) is 30.1 Å². The molecule has 2 rings (SSSR count). The summed E-state index contributed by atoms with van der Waals surface area (Å²) in [6, 6.07) is 7.19. The van der Waals surface area contributed by atoms with E-state index in [1.54, 1.807) is 24.3 Å². The van der Waals surface area contributed by atoms with Gasteiger partial charge in [-0.05, 0) is 25.0 Å². The largest absolute Gasteiger partial charge is 0.399 e. The maximum absolute atomic E-state index is 12.0. The summed E-state index contributed by atoms with van der Waals surface area (Å²) in [5, 5.41) is 3.02. The number of hydrogen-bond acceptors (Lipinski definition) is 3. The molecule has 4 nitrogen and oxygen atoms in total. The Balaban J connectivity index is 1.76. The highest BCUT2D eigenvalue weighted by atomic mass is 16.2. The van der Waals surface area contributed by atoms with Gasteiger partial charge in [0.25, 0.3) is 0 Å². The van der Waals surface area contributed by atoms with E-state index >= 15 is 0 Å². The number of hydrogen-bond donors (Lipinski definition) is 2. The summed E-state index contributed by atoms with van der Waals surface area (Å²) in [5.74, 6) is -0.0507. The molecule has 4 heteroatoms. The van der Waals surface area contributed by atoms with Crippen LogP contribution in [0.3, 0.4) is 0 Å². The Hall–Kier alpha value is -1.84. The summed E-state index contributed by atoms with van der Waals surface area (Å²) >= 11 is 0. The molecule has 1 amide bonds. The first-order chi connectivity index (χ1) is 9.65. The highest BCUT2D eigenvalue weighted by Crippen LogP contribution is 2.17. The number of carbonyl (C=O) groups is 2. The molecule has 1 aliphatic carbocycles. The third kappa shape index (κ3) is 4.37. The van der Waals surface area contributed by atoms with E-state index in [4.69, 9.17) is 5.73 Å². The summed E-state index contributed by atoms with van der Waals surface area (Å²) in [4.78, 5) is 23.8. The van der Waals surface area contributed by atoms with E-state index in [2.05, 4.69) is 5.32 Å². The fourth-order valence-corrected chi connectivity index (χ4v) is 2.63. The van der Waals surface area contributed by atoms with E-state index in [-0.39, 0.29) is 24.5 Å². The zero-order valence-corrected chi connectivity index (χ0v) is 11.7. The summed E-state index contributed by atoms with van der Waals surface area (Å²) < 4.78 is 0. The third-order valence-electron chi connectivity index (χ3n) is 3.76. The van der Waals surface area contributed by atoms with Gasteiger partial charge < -0.3 is 11.1 Å². The maximum atomic E-state index is 12.0. The van der Waals surface area contributed by atoms with Crippen molar-refractivity contribution < 1.29 is 9.59 Å². The summed E-state index contributed by atoms with van der Waals surface area (Å²) in [5.41, 5.74) is 6.80. The Morgan fingerprint density at radius 3 is 2.60 bits per heavy atom. The molecule has 0 saturated heterocycles. The number of ketones is 1. The van der Waals surface area contributed by atoms with Gasteiger partial charge in [-0.1, -0.05) is 31.4 Å². The van der Waals surface area contributed by atoms with Gasteiger partial charge in [0.15, 0.2) is 5.78 Å². The first-order valence-electron chi connectivity index (χ1n) is 7.33. The van der Waals surface area contributed by atoms with Crippen molar-refractivity contribution in [1.29, 1.82) is 0 Å². The van der Waals surface area contributed by atoms with Gasteiger partial charge in [0.1, 0.15) is 0 Å². The van der Waals surface area contributed by atoms with E-state index in [0.29, 0.717) is 17.3 Å². The van der Waals surface area contributed by atoms with Crippen molar-refractivity contribution >= 4 is 17.4 Å². The normalized spacial score (nSPS) is 15.8. The second-order valence-corrected chi connectivity index (χ2v) is 5.45. The molecule has 0 aromatic heterocycles. The van der Waals surface area contributed by atoms with Crippen LogP contribution in [0.25, 0.3) is 0 Å².